The molecule has 1 aromatic carbocycles. The second kappa shape index (κ2) is 6.98. The molecule has 0 radical (unpaired) electrons. The van der Waals surface area contributed by atoms with E-state index in [-0.39, 0.29) is 5.82 Å². The topological polar surface area (TPSA) is 24.5 Å². The molecule has 0 aliphatic carbocycles. The second-order valence-corrected chi connectivity index (χ2v) is 5.30. The molecule has 1 fully saturated rings. The van der Waals surface area contributed by atoms with Crippen LogP contribution >= 0.6 is 0 Å². The van der Waals surface area contributed by atoms with Crippen molar-refractivity contribution in [3.05, 3.63) is 35.1 Å². The minimum atomic E-state index is -0.102. The summed E-state index contributed by atoms with van der Waals surface area (Å²) in [5.41, 5.74) is 1.87. The highest BCUT2D eigenvalue weighted by Crippen LogP contribution is 2.17. The molecule has 0 aromatic heterocycles. The Hall–Kier alpha value is -0.970. The van der Waals surface area contributed by atoms with Crippen molar-refractivity contribution in [3.63, 3.8) is 0 Å². The normalized spacial score (nSPS) is 17.1. The summed E-state index contributed by atoms with van der Waals surface area (Å²) in [6.07, 6.45) is 0. The highest BCUT2D eigenvalue weighted by molar-refractivity contribution is 5.28. The van der Waals surface area contributed by atoms with Crippen LogP contribution in [0.25, 0.3) is 0 Å². The van der Waals surface area contributed by atoms with E-state index in [1.807, 2.05) is 6.07 Å². The maximum atomic E-state index is 14.0. The summed E-state index contributed by atoms with van der Waals surface area (Å²) in [6.45, 7) is 8.83. The van der Waals surface area contributed by atoms with Gasteiger partial charge >= 0.3 is 0 Å². The van der Waals surface area contributed by atoms with Crippen molar-refractivity contribution in [1.29, 1.82) is 0 Å². The minimum absolute atomic E-state index is 0.102. The van der Waals surface area contributed by atoms with Gasteiger partial charge < -0.3 is 10.1 Å². The molecule has 1 saturated heterocycles. The molecule has 1 aliphatic rings. The molecule has 0 saturated carbocycles. The van der Waals surface area contributed by atoms with E-state index >= 15 is 0 Å². The number of nitrogens with one attached hydrogen (secondary N) is 1. The van der Waals surface area contributed by atoms with E-state index in [4.69, 9.17) is 4.74 Å². The zero-order valence-electron chi connectivity index (χ0n) is 11.8. The molecule has 1 aliphatic heterocycles. The molecular formula is C15H23FN2O. The lowest BCUT2D eigenvalue weighted by molar-refractivity contribution is 0.0336. The van der Waals surface area contributed by atoms with E-state index in [0.29, 0.717) is 12.6 Å². The first-order valence-corrected chi connectivity index (χ1v) is 6.96. The predicted octanol–water partition coefficient (Wildman–Crippen LogP) is 2.16. The van der Waals surface area contributed by atoms with Gasteiger partial charge in [-0.2, -0.15) is 0 Å². The Balaban J connectivity index is 2.07. The van der Waals surface area contributed by atoms with Crippen LogP contribution in [-0.2, 0) is 17.8 Å². The van der Waals surface area contributed by atoms with Gasteiger partial charge in [-0.1, -0.05) is 26.0 Å². The molecule has 1 N–H and O–H groups in total. The van der Waals surface area contributed by atoms with Gasteiger partial charge in [0, 0.05) is 37.8 Å². The first-order chi connectivity index (χ1) is 9.16. The molecule has 4 heteroatoms. The summed E-state index contributed by atoms with van der Waals surface area (Å²) < 4.78 is 19.4. The summed E-state index contributed by atoms with van der Waals surface area (Å²) in [6, 6.07) is 5.75. The smallest absolute Gasteiger partial charge is 0.128 e. The lowest BCUT2D eigenvalue weighted by Gasteiger charge is -2.27. The molecule has 1 aromatic rings. The van der Waals surface area contributed by atoms with Crippen LogP contribution in [0.5, 0.6) is 0 Å². The Morgan fingerprint density at radius 3 is 2.74 bits per heavy atom. The standard InChI is InChI=1S/C15H23FN2O/c1-12(2)17-10-13-4-3-5-15(16)14(13)11-18-6-8-19-9-7-18/h3-5,12,17H,6-11H2,1-2H3. The van der Waals surface area contributed by atoms with E-state index < -0.39 is 0 Å². The number of morpholine rings is 1. The average molecular weight is 266 g/mol. The lowest BCUT2D eigenvalue weighted by atomic mass is 10.1. The number of hydrogen-bond donors (Lipinski definition) is 1. The third-order valence-electron chi connectivity index (χ3n) is 3.40. The quantitative estimate of drug-likeness (QED) is 0.884. The highest BCUT2D eigenvalue weighted by atomic mass is 19.1. The van der Waals surface area contributed by atoms with E-state index in [1.54, 1.807) is 12.1 Å². The van der Waals surface area contributed by atoms with Gasteiger partial charge in [0.25, 0.3) is 0 Å². The summed E-state index contributed by atoms with van der Waals surface area (Å²) in [7, 11) is 0. The molecule has 2 rings (SSSR count). The Bertz CT molecular complexity index is 403. The third-order valence-corrected chi connectivity index (χ3v) is 3.40. The van der Waals surface area contributed by atoms with Gasteiger partial charge in [0.15, 0.2) is 0 Å². The largest absolute Gasteiger partial charge is 0.379 e. The summed E-state index contributed by atoms with van der Waals surface area (Å²) in [5.74, 6) is -0.102. The van der Waals surface area contributed by atoms with Gasteiger partial charge in [0.05, 0.1) is 13.2 Å². The molecule has 19 heavy (non-hydrogen) atoms. The molecular weight excluding hydrogens is 243 g/mol. The molecule has 0 bridgehead atoms. The van der Waals surface area contributed by atoms with Crippen LogP contribution in [0.4, 0.5) is 4.39 Å². The van der Waals surface area contributed by atoms with Crippen LogP contribution in [0.15, 0.2) is 18.2 Å². The zero-order chi connectivity index (χ0) is 13.7. The Kier molecular flexibility index (Phi) is 5.31. The van der Waals surface area contributed by atoms with Crippen molar-refractivity contribution in [1.82, 2.24) is 10.2 Å². The van der Waals surface area contributed by atoms with Crippen LogP contribution in [0, 0.1) is 5.82 Å². The van der Waals surface area contributed by atoms with Crippen LogP contribution in [0.3, 0.4) is 0 Å². The number of hydrogen-bond acceptors (Lipinski definition) is 3. The van der Waals surface area contributed by atoms with Crippen molar-refractivity contribution in [3.8, 4) is 0 Å². The van der Waals surface area contributed by atoms with Crippen LogP contribution in [0.1, 0.15) is 25.0 Å². The lowest BCUT2D eigenvalue weighted by Crippen LogP contribution is -2.36. The molecule has 3 nitrogen and oxygen atoms in total. The van der Waals surface area contributed by atoms with Crippen LogP contribution in [0.2, 0.25) is 0 Å². The first-order valence-electron chi connectivity index (χ1n) is 6.96. The summed E-state index contributed by atoms with van der Waals surface area (Å²) in [4.78, 5) is 2.25. The fourth-order valence-electron chi connectivity index (χ4n) is 2.24. The van der Waals surface area contributed by atoms with Gasteiger partial charge in [-0.15, -0.1) is 0 Å². The molecule has 0 spiro atoms. The first kappa shape index (κ1) is 14.4. The van der Waals surface area contributed by atoms with Gasteiger partial charge in [-0.25, -0.2) is 4.39 Å². The number of ether oxygens (including phenoxy) is 1. The Morgan fingerprint density at radius 2 is 2.05 bits per heavy atom. The van der Waals surface area contributed by atoms with Gasteiger partial charge in [-0.3, -0.25) is 4.90 Å². The SMILES string of the molecule is CC(C)NCc1cccc(F)c1CN1CCOCC1. The predicted molar refractivity (Wildman–Crippen MR) is 74.5 cm³/mol. The van der Waals surface area contributed by atoms with E-state index in [0.717, 1.165) is 44.0 Å². The maximum absolute atomic E-state index is 14.0. The molecule has 0 unspecified atom stereocenters. The second-order valence-electron chi connectivity index (χ2n) is 5.30. The van der Waals surface area contributed by atoms with Crippen molar-refractivity contribution in [2.45, 2.75) is 33.0 Å². The van der Waals surface area contributed by atoms with Gasteiger partial charge in [0.1, 0.15) is 5.82 Å². The fourth-order valence-corrected chi connectivity index (χ4v) is 2.24. The third kappa shape index (κ3) is 4.27. The van der Waals surface area contributed by atoms with Gasteiger partial charge in [-0.05, 0) is 11.6 Å². The van der Waals surface area contributed by atoms with Crippen molar-refractivity contribution in [2.75, 3.05) is 26.3 Å². The van der Waals surface area contributed by atoms with E-state index in [1.165, 1.54) is 0 Å². The van der Waals surface area contributed by atoms with Crippen molar-refractivity contribution < 1.29 is 9.13 Å². The van der Waals surface area contributed by atoms with Crippen molar-refractivity contribution >= 4 is 0 Å². The maximum Gasteiger partial charge on any atom is 0.128 e. The molecule has 0 atom stereocenters. The molecule has 106 valence electrons. The van der Waals surface area contributed by atoms with Crippen LogP contribution in [-0.4, -0.2) is 37.2 Å². The summed E-state index contributed by atoms with van der Waals surface area (Å²) in [5, 5.41) is 3.36. The summed E-state index contributed by atoms with van der Waals surface area (Å²) >= 11 is 0. The van der Waals surface area contributed by atoms with Crippen LogP contribution < -0.4 is 5.32 Å². The number of halogens is 1. The van der Waals surface area contributed by atoms with E-state index in [9.17, 15) is 4.39 Å². The fraction of sp³-hybridized carbons (Fsp3) is 0.600. The monoisotopic (exact) mass is 266 g/mol. The Labute approximate surface area is 114 Å². The molecule has 1 heterocycles. The average Bonchev–Trinajstić information content (AvgIpc) is 2.40. The molecule has 0 amide bonds. The van der Waals surface area contributed by atoms with E-state index in [2.05, 4.69) is 24.1 Å². The minimum Gasteiger partial charge on any atom is -0.379 e. The zero-order valence-corrected chi connectivity index (χ0v) is 11.8. The number of benzene rings is 1. The number of nitrogens with zero attached hydrogens (tertiary/aromatic N) is 1. The number of rotatable bonds is 5. The van der Waals surface area contributed by atoms with Gasteiger partial charge in [0.2, 0.25) is 0 Å². The van der Waals surface area contributed by atoms with Crippen molar-refractivity contribution in [2.24, 2.45) is 0 Å². The highest BCUT2D eigenvalue weighted by Gasteiger charge is 2.15. The Morgan fingerprint density at radius 1 is 1.32 bits per heavy atom.